The van der Waals surface area contributed by atoms with E-state index in [2.05, 4.69) is 20.6 Å². The molecule has 3 aromatic rings. The second kappa shape index (κ2) is 13.5. The van der Waals surface area contributed by atoms with E-state index in [-0.39, 0.29) is 24.8 Å². The van der Waals surface area contributed by atoms with Gasteiger partial charge in [-0.3, -0.25) is 14.5 Å². The number of carbonyl (C=O) groups is 3. The van der Waals surface area contributed by atoms with Crippen molar-refractivity contribution < 1.29 is 19.5 Å². The topological polar surface area (TPSA) is 127 Å². The van der Waals surface area contributed by atoms with Gasteiger partial charge in [-0.05, 0) is 34.8 Å². The number of rotatable bonds is 14. The van der Waals surface area contributed by atoms with Gasteiger partial charge >= 0.3 is 5.97 Å². The van der Waals surface area contributed by atoms with E-state index in [1.165, 1.54) is 18.1 Å². The number of carbonyl (C=O) groups excluding carboxylic acids is 2. The quantitative estimate of drug-likeness (QED) is 0.268. The summed E-state index contributed by atoms with van der Waals surface area (Å²) in [6.07, 6.45) is 5.57. The standard InChI is InChI=1S/C25H31N5O4S/c1-35-12-9-22(25(33)34)29-24(32)16-30(11-10-27-23(31)13-20-14-26-17-28-20)15-19-7-4-6-18-5-2-3-8-21(18)19/h2-8,14,17,22H,9-13,15-16H2,1H3,(H,26,28)(H,27,31)(H,29,32)(H,33,34)/t22-/m0/s1. The summed E-state index contributed by atoms with van der Waals surface area (Å²) in [4.78, 5) is 45.3. The van der Waals surface area contributed by atoms with Crippen molar-refractivity contribution in [3.05, 3.63) is 66.2 Å². The molecule has 0 aliphatic carbocycles. The molecule has 0 bridgehead atoms. The molecule has 2 amide bonds. The molecule has 35 heavy (non-hydrogen) atoms. The third kappa shape index (κ3) is 8.41. The van der Waals surface area contributed by atoms with Crippen molar-refractivity contribution in [2.45, 2.75) is 25.4 Å². The number of carboxylic acid groups (broad SMARTS) is 1. The average molecular weight is 498 g/mol. The van der Waals surface area contributed by atoms with Gasteiger partial charge in [-0.25, -0.2) is 9.78 Å². The van der Waals surface area contributed by atoms with Crippen LogP contribution in [0.3, 0.4) is 0 Å². The number of nitrogens with one attached hydrogen (secondary N) is 3. The van der Waals surface area contributed by atoms with E-state index in [1.54, 1.807) is 6.20 Å². The summed E-state index contributed by atoms with van der Waals surface area (Å²) < 4.78 is 0. The van der Waals surface area contributed by atoms with Crippen molar-refractivity contribution >= 4 is 40.3 Å². The first-order chi connectivity index (χ1) is 17.0. The molecule has 186 valence electrons. The van der Waals surface area contributed by atoms with E-state index < -0.39 is 12.0 Å². The number of imidazole rings is 1. The second-order valence-electron chi connectivity index (χ2n) is 8.19. The molecule has 2 aromatic carbocycles. The molecule has 0 saturated heterocycles. The third-order valence-electron chi connectivity index (χ3n) is 5.54. The second-order valence-corrected chi connectivity index (χ2v) is 9.18. The third-order valence-corrected chi connectivity index (χ3v) is 6.19. The first-order valence-corrected chi connectivity index (χ1v) is 12.8. The molecule has 4 N–H and O–H groups in total. The van der Waals surface area contributed by atoms with E-state index >= 15 is 0 Å². The Morgan fingerprint density at radius 1 is 1.14 bits per heavy atom. The number of carboxylic acids is 1. The molecule has 1 aromatic heterocycles. The van der Waals surface area contributed by atoms with Gasteiger partial charge in [0.05, 0.1) is 19.3 Å². The lowest BCUT2D eigenvalue weighted by molar-refractivity contribution is -0.142. The number of thioether (sulfide) groups is 1. The Labute approximate surface area is 208 Å². The monoisotopic (exact) mass is 497 g/mol. The van der Waals surface area contributed by atoms with E-state index in [4.69, 9.17) is 0 Å². The molecule has 1 heterocycles. The minimum Gasteiger partial charge on any atom is -0.480 e. The summed E-state index contributed by atoms with van der Waals surface area (Å²) in [7, 11) is 0. The predicted octanol–water partition coefficient (Wildman–Crippen LogP) is 2.05. The number of aromatic nitrogens is 2. The normalized spacial score (nSPS) is 11.9. The molecule has 0 radical (unpaired) electrons. The Balaban J connectivity index is 1.66. The summed E-state index contributed by atoms with van der Waals surface area (Å²) in [5.41, 5.74) is 1.77. The number of H-pyrrole nitrogens is 1. The Morgan fingerprint density at radius 2 is 1.94 bits per heavy atom. The van der Waals surface area contributed by atoms with Crippen LogP contribution in [0.1, 0.15) is 17.7 Å². The number of aliphatic carboxylic acids is 1. The zero-order valence-corrected chi connectivity index (χ0v) is 20.5. The van der Waals surface area contributed by atoms with Crippen LogP contribution >= 0.6 is 11.8 Å². The van der Waals surface area contributed by atoms with Gasteiger partial charge in [-0.1, -0.05) is 42.5 Å². The summed E-state index contributed by atoms with van der Waals surface area (Å²) in [6, 6.07) is 13.1. The molecule has 0 spiro atoms. The lowest BCUT2D eigenvalue weighted by Gasteiger charge is -2.24. The molecule has 0 unspecified atom stereocenters. The van der Waals surface area contributed by atoms with Crippen molar-refractivity contribution in [1.82, 2.24) is 25.5 Å². The number of aromatic amines is 1. The van der Waals surface area contributed by atoms with E-state index in [9.17, 15) is 19.5 Å². The largest absolute Gasteiger partial charge is 0.480 e. The molecule has 9 nitrogen and oxygen atoms in total. The van der Waals surface area contributed by atoms with Crippen LogP contribution in [0.5, 0.6) is 0 Å². The zero-order chi connectivity index (χ0) is 25.0. The number of hydrogen-bond acceptors (Lipinski definition) is 6. The van der Waals surface area contributed by atoms with Gasteiger partial charge in [0.2, 0.25) is 11.8 Å². The van der Waals surface area contributed by atoms with Crippen molar-refractivity contribution in [2.24, 2.45) is 0 Å². The van der Waals surface area contributed by atoms with Gasteiger partial charge in [0.15, 0.2) is 0 Å². The highest BCUT2D eigenvalue weighted by molar-refractivity contribution is 7.98. The van der Waals surface area contributed by atoms with Crippen LogP contribution in [0.2, 0.25) is 0 Å². The summed E-state index contributed by atoms with van der Waals surface area (Å²) in [6.45, 7) is 1.27. The van der Waals surface area contributed by atoms with E-state index in [1.807, 2.05) is 53.6 Å². The maximum atomic E-state index is 12.8. The highest BCUT2D eigenvalue weighted by atomic mass is 32.2. The van der Waals surface area contributed by atoms with Crippen molar-refractivity contribution in [3.8, 4) is 0 Å². The molecule has 0 fully saturated rings. The van der Waals surface area contributed by atoms with E-state index in [0.717, 1.165) is 22.0 Å². The average Bonchev–Trinajstić information content (AvgIpc) is 3.34. The number of nitrogens with zero attached hydrogens (tertiary/aromatic N) is 2. The SMILES string of the molecule is CSCC[C@H](NC(=O)CN(CCNC(=O)Cc1cnc[nH]1)Cc1cccc2ccccc12)C(=O)O. The van der Waals surface area contributed by atoms with Gasteiger partial charge in [0, 0.05) is 31.5 Å². The predicted molar refractivity (Wildman–Crippen MR) is 137 cm³/mol. The molecule has 3 rings (SSSR count). The van der Waals surface area contributed by atoms with Crippen LogP contribution < -0.4 is 10.6 Å². The van der Waals surface area contributed by atoms with Crippen LogP contribution in [0.15, 0.2) is 55.0 Å². The number of amides is 2. The maximum absolute atomic E-state index is 12.8. The van der Waals surface area contributed by atoms with Crippen molar-refractivity contribution in [3.63, 3.8) is 0 Å². The minimum atomic E-state index is -1.04. The summed E-state index contributed by atoms with van der Waals surface area (Å²) in [5.74, 6) is -0.910. The smallest absolute Gasteiger partial charge is 0.326 e. The number of fused-ring (bicyclic) bond motifs is 1. The van der Waals surface area contributed by atoms with Gasteiger partial charge in [-0.2, -0.15) is 11.8 Å². The lowest BCUT2D eigenvalue weighted by atomic mass is 10.0. The summed E-state index contributed by atoms with van der Waals surface area (Å²) >= 11 is 1.53. The van der Waals surface area contributed by atoms with Crippen LogP contribution in [-0.2, 0) is 27.3 Å². The van der Waals surface area contributed by atoms with Gasteiger partial charge in [0.1, 0.15) is 6.04 Å². The van der Waals surface area contributed by atoms with Crippen molar-refractivity contribution in [1.29, 1.82) is 0 Å². The number of benzene rings is 2. The fraction of sp³-hybridized carbons (Fsp3) is 0.360. The summed E-state index contributed by atoms with van der Waals surface area (Å²) in [5, 5.41) is 17.2. The molecule has 0 aliphatic heterocycles. The maximum Gasteiger partial charge on any atom is 0.326 e. The highest BCUT2D eigenvalue weighted by Gasteiger charge is 2.21. The fourth-order valence-electron chi connectivity index (χ4n) is 3.79. The molecular weight excluding hydrogens is 466 g/mol. The zero-order valence-electron chi connectivity index (χ0n) is 19.7. The molecular formula is C25H31N5O4S. The lowest BCUT2D eigenvalue weighted by Crippen LogP contribution is -2.47. The minimum absolute atomic E-state index is 0.0166. The van der Waals surface area contributed by atoms with Crippen LogP contribution in [0, 0.1) is 0 Å². The van der Waals surface area contributed by atoms with E-state index in [0.29, 0.717) is 31.8 Å². The first kappa shape index (κ1) is 26.2. The Morgan fingerprint density at radius 3 is 2.69 bits per heavy atom. The molecule has 0 aliphatic rings. The Hall–Kier alpha value is -3.37. The van der Waals surface area contributed by atoms with Crippen LogP contribution in [-0.4, -0.2) is 75.4 Å². The molecule has 0 saturated carbocycles. The van der Waals surface area contributed by atoms with Crippen LogP contribution in [0.25, 0.3) is 10.8 Å². The number of hydrogen-bond donors (Lipinski definition) is 4. The Kier molecular flexibility index (Phi) is 10.1. The first-order valence-electron chi connectivity index (χ1n) is 11.4. The van der Waals surface area contributed by atoms with Gasteiger partial charge < -0.3 is 20.7 Å². The van der Waals surface area contributed by atoms with Gasteiger partial charge in [-0.15, -0.1) is 0 Å². The fourth-order valence-corrected chi connectivity index (χ4v) is 4.26. The van der Waals surface area contributed by atoms with Crippen molar-refractivity contribution in [2.75, 3.05) is 31.6 Å². The molecule has 1 atom stereocenters. The van der Waals surface area contributed by atoms with Gasteiger partial charge in [0.25, 0.3) is 0 Å². The molecule has 10 heteroatoms. The highest BCUT2D eigenvalue weighted by Crippen LogP contribution is 2.20. The Bertz CT molecular complexity index is 1120. The van der Waals surface area contributed by atoms with Crippen LogP contribution in [0.4, 0.5) is 0 Å².